The predicted molar refractivity (Wildman–Crippen MR) is 88.7 cm³/mol. The van der Waals surface area contributed by atoms with Crippen molar-refractivity contribution in [3.05, 3.63) is 60.7 Å². The summed E-state index contributed by atoms with van der Waals surface area (Å²) >= 11 is 0. The Bertz CT molecular complexity index is 731. The van der Waals surface area contributed by atoms with Gasteiger partial charge >= 0.3 is 17.9 Å². The number of carbonyl (C=O) groups excluding carboxylic acids is 3. The van der Waals surface area contributed by atoms with Crippen LogP contribution in [-0.2, 0) is 37.1 Å². The van der Waals surface area contributed by atoms with Gasteiger partial charge < -0.3 is 19.3 Å². The largest absolute Gasteiger partial charge is 0.507 e. The smallest absolute Gasteiger partial charge is 0.335 e. The van der Waals surface area contributed by atoms with Gasteiger partial charge in [0.15, 0.2) is 0 Å². The fraction of sp³-hybridized carbons (Fsp3) is 0.167. The molecule has 0 spiro atoms. The van der Waals surface area contributed by atoms with E-state index in [1.807, 2.05) is 0 Å². The van der Waals surface area contributed by atoms with Crippen molar-refractivity contribution in [3.63, 3.8) is 0 Å². The highest BCUT2D eigenvalue weighted by atomic mass is 16.5. The monoisotopic (exact) mass is 346 g/mol. The molecule has 0 aliphatic rings. The third-order valence-corrected chi connectivity index (χ3v) is 3.04. The second kappa shape index (κ2) is 9.07. The van der Waals surface area contributed by atoms with Gasteiger partial charge in [0.2, 0.25) is 0 Å². The maximum Gasteiger partial charge on any atom is 0.335 e. The van der Waals surface area contributed by atoms with Gasteiger partial charge in [0, 0.05) is 23.8 Å². The Labute approximate surface area is 144 Å². The first-order valence-corrected chi connectivity index (χ1v) is 7.11. The van der Waals surface area contributed by atoms with E-state index < -0.39 is 17.9 Å². The number of phenolic OH excluding ortho intramolecular Hbond substituents is 1. The molecule has 0 bridgehead atoms. The molecular weight excluding hydrogens is 328 g/mol. The standard InChI is InChI=1S/C18H18O7/c1-5-14(19)23-9-12-8-11(4)18(25-16(21)7-3)13(17(12)22)10-24-15(20)6-2/h5-8,22H,1-3,9-10H2,4H3. The Hall–Kier alpha value is -3.35. The van der Waals surface area contributed by atoms with Gasteiger partial charge in [0.1, 0.15) is 24.7 Å². The molecule has 0 radical (unpaired) electrons. The summed E-state index contributed by atoms with van der Waals surface area (Å²) in [5, 5.41) is 10.4. The fourth-order valence-corrected chi connectivity index (χ4v) is 1.87. The number of aryl methyl sites for hydroxylation is 1. The number of aromatic hydroxyl groups is 1. The average Bonchev–Trinajstić information content (AvgIpc) is 2.61. The van der Waals surface area contributed by atoms with Gasteiger partial charge in [-0.25, -0.2) is 14.4 Å². The van der Waals surface area contributed by atoms with Crippen LogP contribution in [0.2, 0.25) is 0 Å². The zero-order valence-corrected chi connectivity index (χ0v) is 13.7. The summed E-state index contributed by atoms with van der Waals surface area (Å²) in [6.45, 7) is 10.8. The molecule has 0 atom stereocenters. The summed E-state index contributed by atoms with van der Waals surface area (Å²) in [7, 11) is 0. The molecular formula is C18H18O7. The number of hydrogen-bond donors (Lipinski definition) is 1. The van der Waals surface area contributed by atoms with Crippen molar-refractivity contribution in [3.8, 4) is 11.5 Å². The van der Waals surface area contributed by atoms with E-state index in [0.717, 1.165) is 18.2 Å². The molecule has 132 valence electrons. The number of phenols is 1. The predicted octanol–water partition coefficient (Wildman–Crippen LogP) is 2.25. The zero-order chi connectivity index (χ0) is 19.0. The van der Waals surface area contributed by atoms with Crippen LogP contribution in [0.3, 0.4) is 0 Å². The highest BCUT2D eigenvalue weighted by Gasteiger charge is 2.20. The van der Waals surface area contributed by atoms with Crippen molar-refractivity contribution in [1.29, 1.82) is 0 Å². The molecule has 0 saturated heterocycles. The van der Waals surface area contributed by atoms with Crippen LogP contribution in [0.25, 0.3) is 0 Å². The minimum Gasteiger partial charge on any atom is -0.507 e. The normalized spacial score (nSPS) is 9.64. The quantitative estimate of drug-likeness (QED) is 0.438. The first kappa shape index (κ1) is 19.7. The van der Waals surface area contributed by atoms with Crippen LogP contribution in [0.4, 0.5) is 0 Å². The van der Waals surface area contributed by atoms with E-state index >= 15 is 0 Å². The van der Waals surface area contributed by atoms with Crippen molar-refractivity contribution in [2.75, 3.05) is 0 Å². The summed E-state index contributed by atoms with van der Waals surface area (Å²) < 4.78 is 14.9. The van der Waals surface area contributed by atoms with Crippen LogP contribution >= 0.6 is 0 Å². The number of carbonyl (C=O) groups is 3. The fourth-order valence-electron chi connectivity index (χ4n) is 1.87. The second-order valence-corrected chi connectivity index (χ2v) is 4.76. The molecule has 0 heterocycles. The summed E-state index contributed by atoms with van der Waals surface area (Å²) in [6.07, 6.45) is 2.89. The second-order valence-electron chi connectivity index (χ2n) is 4.76. The van der Waals surface area contributed by atoms with Crippen LogP contribution in [0.15, 0.2) is 44.0 Å². The topological polar surface area (TPSA) is 99.1 Å². The molecule has 1 aromatic carbocycles. The Balaban J connectivity index is 3.28. The number of esters is 3. The molecule has 25 heavy (non-hydrogen) atoms. The van der Waals surface area contributed by atoms with E-state index in [1.54, 1.807) is 6.92 Å². The summed E-state index contributed by atoms with van der Waals surface area (Å²) in [5.41, 5.74) is 0.758. The summed E-state index contributed by atoms with van der Waals surface area (Å²) in [5.74, 6) is -2.44. The third-order valence-electron chi connectivity index (χ3n) is 3.04. The van der Waals surface area contributed by atoms with Crippen LogP contribution in [0.5, 0.6) is 11.5 Å². The van der Waals surface area contributed by atoms with Crippen molar-refractivity contribution >= 4 is 17.9 Å². The zero-order valence-electron chi connectivity index (χ0n) is 13.7. The Morgan fingerprint density at radius 1 is 1.00 bits per heavy atom. The van der Waals surface area contributed by atoms with Crippen molar-refractivity contribution < 1.29 is 33.7 Å². The van der Waals surface area contributed by atoms with Gasteiger partial charge in [-0.1, -0.05) is 19.7 Å². The Morgan fingerprint density at radius 3 is 2.04 bits per heavy atom. The molecule has 0 aliphatic heterocycles. The van der Waals surface area contributed by atoms with Crippen LogP contribution in [-0.4, -0.2) is 23.0 Å². The van der Waals surface area contributed by atoms with Gasteiger partial charge in [-0.05, 0) is 18.6 Å². The van der Waals surface area contributed by atoms with E-state index in [0.29, 0.717) is 5.56 Å². The van der Waals surface area contributed by atoms with E-state index in [1.165, 1.54) is 6.07 Å². The molecule has 1 rings (SSSR count). The molecule has 1 N–H and O–H groups in total. The summed E-state index contributed by atoms with van der Waals surface area (Å²) in [6, 6.07) is 1.48. The first-order chi connectivity index (χ1) is 11.8. The lowest BCUT2D eigenvalue weighted by Gasteiger charge is -2.17. The number of benzene rings is 1. The minimum atomic E-state index is -0.746. The van der Waals surface area contributed by atoms with Gasteiger partial charge in [-0.15, -0.1) is 0 Å². The highest BCUT2D eigenvalue weighted by molar-refractivity contribution is 5.84. The van der Waals surface area contributed by atoms with Crippen LogP contribution < -0.4 is 4.74 Å². The molecule has 7 nitrogen and oxygen atoms in total. The van der Waals surface area contributed by atoms with Gasteiger partial charge in [0.25, 0.3) is 0 Å². The van der Waals surface area contributed by atoms with Crippen LogP contribution in [0, 0.1) is 6.92 Å². The molecule has 0 aliphatic carbocycles. The number of hydrogen-bond acceptors (Lipinski definition) is 7. The van der Waals surface area contributed by atoms with E-state index in [-0.39, 0.29) is 35.8 Å². The van der Waals surface area contributed by atoms with Crippen molar-refractivity contribution in [2.45, 2.75) is 20.1 Å². The van der Waals surface area contributed by atoms with E-state index in [4.69, 9.17) is 14.2 Å². The van der Waals surface area contributed by atoms with Crippen molar-refractivity contribution in [2.24, 2.45) is 0 Å². The molecule has 0 unspecified atom stereocenters. The van der Waals surface area contributed by atoms with Gasteiger partial charge in [-0.3, -0.25) is 0 Å². The van der Waals surface area contributed by atoms with Crippen LogP contribution in [0.1, 0.15) is 16.7 Å². The lowest BCUT2D eigenvalue weighted by molar-refractivity contribution is -0.139. The lowest BCUT2D eigenvalue weighted by Crippen LogP contribution is -2.11. The maximum absolute atomic E-state index is 11.5. The molecule has 0 amide bonds. The number of ether oxygens (including phenoxy) is 3. The summed E-state index contributed by atoms with van der Waals surface area (Å²) in [4.78, 5) is 34.0. The maximum atomic E-state index is 11.5. The van der Waals surface area contributed by atoms with Gasteiger partial charge in [-0.2, -0.15) is 0 Å². The molecule has 0 aromatic heterocycles. The molecule has 0 fully saturated rings. The van der Waals surface area contributed by atoms with E-state index in [9.17, 15) is 19.5 Å². The first-order valence-electron chi connectivity index (χ1n) is 7.11. The highest BCUT2D eigenvalue weighted by Crippen LogP contribution is 2.36. The third kappa shape index (κ3) is 5.35. The lowest BCUT2D eigenvalue weighted by atomic mass is 10.0. The molecule has 0 saturated carbocycles. The average molecular weight is 346 g/mol. The minimum absolute atomic E-state index is 0.0260. The Morgan fingerprint density at radius 2 is 1.52 bits per heavy atom. The van der Waals surface area contributed by atoms with Crippen molar-refractivity contribution in [1.82, 2.24) is 0 Å². The molecule has 7 heteroatoms. The number of rotatable bonds is 8. The van der Waals surface area contributed by atoms with E-state index in [2.05, 4.69) is 19.7 Å². The Kier molecular flexibility index (Phi) is 7.15. The molecule has 1 aromatic rings. The SMILES string of the molecule is C=CC(=O)OCc1cc(C)c(OC(=O)C=C)c(COC(=O)C=C)c1O. The van der Waals surface area contributed by atoms with Gasteiger partial charge in [0.05, 0.1) is 5.56 Å².